The van der Waals surface area contributed by atoms with Gasteiger partial charge in [0, 0.05) is 13.2 Å². The van der Waals surface area contributed by atoms with Crippen LogP contribution in [0, 0.1) is 11.8 Å². The maximum atomic E-state index is 9.72. The van der Waals surface area contributed by atoms with E-state index in [1.54, 1.807) is 7.11 Å². The monoisotopic (exact) mass is 592 g/mol. The molecule has 0 aliphatic carbocycles. The smallest absolute Gasteiger partial charge is 0.0788 e. The lowest BCUT2D eigenvalue weighted by atomic mass is 10.0. The van der Waals surface area contributed by atoms with Crippen molar-refractivity contribution in [1.82, 2.24) is 16.0 Å². The zero-order chi connectivity index (χ0) is 31.3. The first kappa shape index (κ1) is 40.6. The second-order valence-corrected chi connectivity index (χ2v) is 13.5. The highest BCUT2D eigenvalue weighted by atomic mass is 16.5. The quantitative estimate of drug-likeness (QED) is 0.202. The van der Waals surface area contributed by atoms with E-state index in [9.17, 15) is 15.3 Å². The predicted molar refractivity (Wildman–Crippen MR) is 169 cm³/mol. The van der Waals surface area contributed by atoms with Crippen LogP contribution >= 0.6 is 0 Å². The topological polar surface area (TPSA) is 124 Å². The SMILES string of the molecule is CC.CC(C)(C)OCC(O)CC1CCNC1.CC(C)(C)OC[C@@H](O)CC1CCCN1.COCC(O)CC1CCNC1. The average Bonchev–Trinajstić information content (AvgIpc) is 3.68. The summed E-state index contributed by atoms with van der Waals surface area (Å²) in [6.45, 7) is 22.8. The van der Waals surface area contributed by atoms with Crippen LogP contribution in [0.1, 0.15) is 100 Å². The van der Waals surface area contributed by atoms with Crippen LogP contribution in [0.25, 0.3) is 0 Å². The highest BCUT2D eigenvalue weighted by Crippen LogP contribution is 2.17. The number of ether oxygens (including phenoxy) is 3. The Labute approximate surface area is 252 Å². The average molecular weight is 592 g/mol. The van der Waals surface area contributed by atoms with Crippen molar-refractivity contribution in [2.24, 2.45) is 11.8 Å². The molecule has 3 aliphatic heterocycles. The van der Waals surface area contributed by atoms with Crippen molar-refractivity contribution in [2.75, 3.05) is 59.7 Å². The molecule has 0 aromatic heterocycles. The molecule has 3 fully saturated rings. The molecular weight excluding hydrogens is 522 g/mol. The van der Waals surface area contributed by atoms with Crippen LogP contribution in [-0.4, -0.2) is 111 Å². The highest BCUT2D eigenvalue weighted by Gasteiger charge is 2.21. The zero-order valence-electron chi connectivity index (χ0n) is 28.1. The summed E-state index contributed by atoms with van der Waals surface area (Å²) in [5, 5.41) is 38.7. The minimum Gasteiger partial charge on any atom is -0.391 e. The van der Waals surface area contributed by atoms with Gasteiger partial charge in [-0.3, -0.25) is 0 Å². The van der Waals surface area contributed by atoms with Crippen LogP contribution in [0.2, 0.25) is 0 Å². The second kappa shape index (κ2) is 23.1. The fourth-order valence-electron chi connectivity index (χ4n) is 4.98. The van der Waals surface area contributed by atoms with E-state index in [-0.39, 0.29) is 29.5 Å². The van der Waals surface area contributed by atoms with Gasteiger partial charge in [0.05, 0.1) is 49.3 Å². The van der Waals surface area contributed by atoms with E-state index in [0.717, 1.165) is 52.0 Å². The molecule has 0 saturated carbocycles. The first-order valence-electron chi connectivity index (χ1n) is 16.2. The molecule has 5 unspecified atom stereocenters. The van der Waals surface area contributed by atoms with Crippen molar-refractivity contribution >= 4 is 0 Å². The number of hydrogen-bond acceptors (Lipinski definition) is 9. The Morgan fingerprint density at radius 1 is 0.659 bits per heavy atom. The summed E-state index contributed by atoms with van der Waals surface area (Å²) in [5.74, 6) is 1.29. The largest absolute Gasteiger partial charge is 0.391 e. The molecule has 3 rings (SSSR count). The number of methoxy groups -OCH3 is 1. The number of aliphatic hydroxyl groups is 3. The Morgan fingerprint density at radius 3 is 1.44 bits per heavy atom. The molecule has 9 heteroatoms. The minimum atomic E-state index is -0.329. The van der Waals surface area contributed by atoms with E-state index < -0.39 is 0 Å². The van der Waals surface area contributed by atoms with Gasteiger partial charge in [0.25, 0.3) is 0 Å². The second-order valence-electron chi connectivity index (χ2n) is 13.5. The molecule has 0 spiro atoms. The molecule has 0 bridgehead atoms. The normalized spacial score (nSPS) is 24.7. The molecule has 6 N–H and O–H groups in total. The maximum Gasteiger partial charge on any atom is 0.0788 e. The molecule has 248 valence electrons. The molecular formula is C32H69N3O6. The molecule has 3 aliphatic rings. The summed E-state index contributed by atoms with van der Waals surface area (Å²) in [6.07, 6.45) is 6.45. The Bertz CT molecular complexity index is 543. The van der Waals surface area contributed by atoms with Crippen molar-refractivity contribution in [3.8, 4) is 0 Å². The molecule has 0 aromatic rings. The predicted octanol–water partition coefficient (Wildman–Crippen LogP) is 3.49. The Kier molecular flexibility index (Phi) is 22.9. The summed E-state index contributed by atoms with van der Waals surface area (Å²) in [7, 11) is 1.62. The Morgan fingerprint density at radius 2 is 1.10 bits per heavy atom. The van der Waals surface area contributed by atoms with Crippen molar-refractivity contribution in [1.29, 1.82) is 0 Å². The van der Waals surface area contributed by atoms with Gasteiger partial charge in [0.2, 0.25) is 0 Å². The van der Waals surface area contributed by atoms with Crippen molar-refractivity contribution in [3.63, 3.8) is 0 Å². The maximum absolute atomic E-state index is 9.72. The van der Waals surface area contributed by atoms with Gasteiger partial charge in [-0.2, -0.15) is 0 Å². The minimum absolute atomic E-state index is 0.144. The third-order valence-corrected chi connectivity index (χ3v) is 7.03. The summed E-state index contributed by atoms with van der Waals surface area (Å²) < 4.78 is 15.9. The van der Waals surface area contributed by atoms with Crippen LogP contribution in [0.5, 0.6) is 0 Å². The molecule has 0 amide bonds. The number of nitrogens with one attached hydrogen (secondary N) is 3. The van der Waals surface area contributed by atoms with E-state index >= 15 is 0 Å². The van der Waals surface area contributed by atoms with Crippen LogP contribution in [0.4, 0.5) is 0 Å². The van der Waals surface area contributed by atoms with Crippen molar-refractivity contribution < 1.29 is 29.5 Å². The lowest BCUT2D eigenvalue weighted by Gasteiger charge is -2.23. The number of hydrogen-bond donors (Lipinski definition) is 6. The lowest BCUT2D eigenvalue weighted by molar-refractivity contribution is -0.0535. The van der Waals surface area contributed by atoms with Crippen LogP contribution in [0.3, 0.4) is 0 Å². The first-order chi connectivity index (χ1) is 19.3. The number of rotatable bonds is 12. The van der Waals surface area contributed by atoms with Gasteiger partial charge in [-0.05, 0) is 131 Å². The van der Waals surface area contributed by atoms with Gasteiger partial charge in [0.1, 0.15) is 0 Å². The molecule has 41 heavy (non-hydrogen) atoms. The van der Waals surface area contributed by atoms with E-state index in [0.29, 0.717) is 37.7 Å². The zero-order valence-corrected chi connectivity index (χ0v) is 28.1. The fraction of sp³-hybridized carbons (Fsp3) is 1.00. The summed E-state index contributed by atoms with van der Waals surface area (Å²) >= 11 is 0. The van der Waals surface area contributed by atoms with Crippen LogP contribution in [-0.2, 0) is 14.2 Å². The fourth-order valence-corrected chi connectivity index (χ4v) is 4.98. The molecule has 0 aromatic carbocycles. The van der Waals surface area contributed by atoms with Gasteiger partial charge in [-0.1, -0.05) is 13.8 Å². The molecule has 3 saturated heterocycles. The molecule has 0 radical (unpaired) electrons. The Hall–Kier alpha value is -0.360. The van der Waals surface area contributed by atoms with Gasteiger partial charge >= 0.3 is 0 Å². The molecule has 3 heterocycles. The van der Waals surface area contributed by atoms with Crippen molar-refractivity contribution in [3.05, 3.63) is 0 Å². The van der Waals surface area contributed by atoms with Crippen LogP contribution in [0.15, 0.2) is 0 Å². The third-order valence-electron chi connectivity index (χ3n) is 7.03. The van der Waals surface area contributed by atoms with Gasteiger partial charge < -0.3 is 45.5 Å². The first-order valence-corrected chi connectivity index (χ1v) is 16.2. The van der Waals surface area contributed by atoms with Gasteiger partial charge in [-0.25, -0.2) is 0 Å². The van der Waals surface area contributed by atoms with Gasteiger partial charge in [-0.15, -0.1) is 0 Å². The molecule has 9 nitrogen and oxygen atoms in total. The molecule has 6 atom stereocenters. The summed E-state index contributed by atoms with van der Waals surface area (Å²) in [6, 6.07) is 0.494. The van der Waals surface area contributed by atoms with E-state index in [4.69, 9.17) is 14.2 Å². The van der Waals surface area contributed by atoms with E-state index in [1.807, 2.05) is 55.4 Å². The van der Waals surface area contributed by atoms with Crippen LogP contribution < -0.4 is 16.0 Å². The highest BCUT2D eigenvalue weighted by molar-refractivity contribution is 4.78. The van der Waals surface area contributed by atoms with Gasteiger partial charge in [0.15, 0.2) is 0 Å². The Balaban J connectivity index is 0.000000572. The van der Waals surface area contributed by atoms with Crippen molar-refractivity contribution in [2.45, 2.75) is 136 Å². The number of aliphatic hydroxyl groups excluding tert-OH is 3. The summed E-state index contributed by atoms with van der Waals surface area (Å²) in [5.41, 5.74) is -0.293. The van der Waals surface area contributed by atoms with E-state index in [1.165, 1.54) is 25.7 Å². The summed E-state index contributed by atoms with van der Waals surface area (Å²) in [4.78, 5) is 0. The third kappa shape index (κ3) is 24.7. The van der Waals surface area contributed by atoms with E-state index in [2.05, 4.69) is 16.0 Å². The standard InChI is InChI=1S/2C11H23NO2.C8H17NO2.C2H6/c1-11(2,3)14-8-10(13)6-9-4-5-12-7-9;1-11(2,3)14-8-10(13)7-9-5-4-6-12-9;1-11-6-8(10)4-7-2-3-9-5-7;1-2/h2*9-10,12-13H,4-8H2,1-3H3;7-10H,2-6H2,1H3;1-2H3/t;9?,10-;;/m.0../s1. The lowest BCUT2D eigenvalue weighted by Crippen LogP contribution is -2.32.